The number of carbonyl (C=O) groups excluding carboxylic acids is 2. The highest BCUT2D eigenvalue weighted by Crippen LogP contribution is 2.14. The van der Waals surface area contributed by atoms with Crippen LogP contribution < -0.4 is 16.0 Å². The van der Waals surface area contributed by atoms with Gasteiger partial charge in [-0.3, -0.25) is 4.79 Å². The molecule has 1 rings (SSSR count). The van der Waals surface area contributed by atoms with Gasteiger partial charge in [0.05, 0.1) is 5.69 Å². The van der Waals surface area contributed by atoms with Crippen molar-refractivity contribution in [1.29, 1.82) is 0 Å². The Morgan fingerprint density at radius 2 is 1.65 bits per heavy atom. The molecule has 1 aromatic heterocycles. The molecule has 0 unspecified atom stereocenters. The highest BCUT2D eigenvalue weighted by Gasteiger charge is 2.16. The summed E-state index contributed by atoms with van der Waals surface area (Å²) in [6, 6.07) is -0.490. The molecule has 1 heterocycles. The van der Waals surface area contributed by atoms with Gasteiger partial charge in [-0.25, -0.2) is 4.79 Å². The zero-order valence-corrected chi connectivity index (χ0v) is 14.8. The molecule has 0 fully saturated rings. The van der Waals surface area contributed by atoms with Crippen molar-refractivity contribution in [2.24, 2.45) is 0 Å². The van der Waals surface area contributed by atoms with E-state index in [1.807, 2.05) is 34.6 Å². The molecule has 1 aromatic rings. The van der Waals surface area contributed by atoms with Crippen LogP contribution in [-0.4, -0.2) is 35.2 Å². The molecule has 7 heteroatoms. The maximum atomic E-state index is 12.0. The van der Waals surface area contributed by atoms with E-state index in [4.69, 9.17) is 4.52 Å². The fourth-order valence-electron chi connectivity index (χ4n) is 2.35. The van der Waals surface area contributed by atoms with Crippen LogP contribution >= 0.6 is 0 Å². The molecular weight excluding hydrogens is 296 g/mol. The highest BCUT2D eigenvalue weighted by atomic mass is 16.5. The van der Waals surface area contributed by atoms with Gasteiger partial charge in [0.2, 0.25) is 5.91 Å². The number of aromatic nitrogens is 1. The fourth-order valence-corrected chi connectivity index (χ4v) is 2.35. The lowest BCUT2D eigenvalue weighted by molar-refractivity contribution is -0.121. The molecular formula is C16H28N4O3. The monoisotopic (exact) mass is 324 g/mol. The van der Waals surface area contributed by atoms with Crippen molar-refractivity contribution < 1.29 is 14.1 Å². The summed E-state index contributed by atoms with van der Waals surface area (Å²) < 4.78 is 5.12. The lowest BCUT2D eigenvalue weighted by atomic mass is 10.1. The van der Waals surface area contributed by atoms with Crippen molar-refractivity contribution in [3.63, 3.8) is 0 Å². The van der Waals surface area contributed by atoms with Gasteiger partial charge in [-0.2, -0.15) is 0 Å². The van der Waals surface area contributed by atoms with Gasteiger partial charge < -0.3 is 20.5 Å². The highest BCUT2D eigenvalue weighted by molar-refractivity contribution is 5.79. The molecule has 0 aromatic carbocycles. The van der Waals surface area contributed by atoms with Crippen molar-refractivity contribution in [2.45, 2.75) is 72.5 Å². The number of hydrogen-bond donors (Lipinski definition) is 3. The minimum atomic E-state index is -0.283. The predicted molar refractivity (Wildman–Crippen MR) is 88.2 cm³/mol. The van der Waals surface area contributed by atoms with Crippen molar-refractivity contribution in [2.75, 3.05) is 0 Å². The predicted octanol–water partition coefficient (Wildman–Crippen LogP) is 1.82. The van der Waals surface area contributed by atoms with Gasteiger partial charge in [-0.1, -0.05) is 5.16 Å². The third-order valence-electron chi connectivity index (χ3n) is 3.39. The van der Waals surface area contributed by atoms with Gasteiger partial charge >= 0.3 is 6.03 Å². The Kier molecular flexibility index (Phi) is 7.06. The summed E-state index contributed by atoms with van der Waals surface area (Å²) >= 11 is 0. The van der Waals surface area contributed by atoms with Crippen LogP contribution in [0.4, 0.5) is 4.79 Å². The first-order valence-corrected chi connectivity index (χ1v) is 7.97. The zero-order chi connectivity index (χ0) is 17.6. The molecule has 0 saturated heterocycles. The van der Waals surface area contributed by atoms with E-state index in [9.17, 15) is 9.59 Å². The number of carbonyl (C=O) groups is 2. The van der Waals surface area contributed by atoms with Gasteiger partial charge in [0, 0.05) is 30.1 Å². The lowest BCUT2D eigenvalue weighted by Crippen LogP contribution is -2.46. The maximum Gasteiger partial charge on any atom is 0.315 e. The quantitative estimate of drug-likeness (QED) is 0.713. The zero-order valence-electron chi connectivity index (χ0n) is 14.8. The molecule has 0 radical (unpaired) electrons. The summed E-state index contributed by atoms with van der Waals surface area (Å²) in [4.78, 5) is 23.6. The molecule has 3 N–H and O–H groups in total. The molecule has 0 aliphatic carbocycles. The second-order valence-electron chi connectivity index (χ2n) is 6.35. The summed E-state index contributed by atoms with van der Waals surface area (Å²) in [6.45, 7) is 11.3. The van der Waals surface area contributed by atoms with E-state index in [0.29, 0.717) is 6.42 Å². The Morgan fingerprint density at radius 3 is 2.17 bits per heavy atom. The normalized spacial score (nSPS) is 13.5. The summed E-state index contributed by atoms with van der Waals surface area (Å²) in [6.07, 6.45) is 0.903. The Bertz CT molecular complexity index is 520. The van der Waals surface area contributed by atoms with Crippen molar-refractivity contribution in [1.82, 2.24) is 21.1 Å². The average molecular weight is 324 g/mol. The number of aryl methyl sites for hydroxylation is 2. The third kappa shape index (κ3) is 6.71. The molecule has 7 nitrogen and oxygen atoms in total. The van der Waals surface area contributed by atoms with E-state index in [-0.39, 0.29) is 36.5 Å². The molecule has 130 valence electrons. The second-order valence-corrected chi connectivity index (χ2v) is 6.35. The minimum absolute atomic E-state index is 0.0662. The summed E-state index contributed by atoms with van der Waals surface area (Å²) in [5, 5.41) is 12.3. The SMILES string of the molecule is Cc1noc(C)c1C[C@@H](C)NC(=O)N[C@@H](C)CC(=O)NC(C)C. The van der Waals surface area contributed by atoms with E-state index in [1.165, 1.54) is 0 Å². The molecule has 0 spiro atoms. The average Bonchev–Trinajstić information content (AvgIpc) is 2.68. The molecule has 0 saturated carbocycles. The van der Waals surface area contributed by atoms with Crippen LogP contribution in [0.3, 0.4) is 0 Å². The first-order valence-electron chi connectivity index (χ1n) is 7.97. The molecule has 3 amide bonds. The number of nitrogens with one attached hydrogen (secondary N) is 3. The summed E-state index contributed by atoms with van der Waals surface area (Å²) in [5.74, 6) is 0.701. The Hall–Kier alpha value is -2.05. The molecule has 23 heavy (non-hydrogen) atoms. The van der Waals surface area contributed by atoms with E-state index < -0.39 is 0 Å². The Labute approximate surface area is 137 Å². The second kappa shape index (κ2) is 8.55. The van der Waals surface area contributed by atoms with E-state index in [0.717, 1.165) is 17.0 Å². The number of hydrogen-bond acceptors (Lipinski definition) is 4. The fraction of sp³-hybridized carbons (Fsp3) is 0.688. The first-order chi connectivity index (χ1) is 10.7. The Morgan fingerprint density at radius 1 is 1.04 bits per heavy atom. The van der Waals surface area contributed by atoms with E-state index >= 15 is 0 Å². The largest absolute Gasteiger partial charge is 0.361 e. The van der Waals surface area contributed by atoms with Gasteiger partial charge in [-0.15, -0.1) is 0 Å². The molecule has 0 aliphatic rings. The number of amides is 3. The smallest absolute Gasteiger partial charge is 0.315 e. The van der Waals surface area contributed by atoms with Crippen LogP contribution in [0, 0.1) is 13.8 Å². The van der Waals surface area contributed by atoms with Crippen LogP contribution in [0.5, 0.6) is 0 Å². The molecule has 0 bridgehead atoms. The minimum Gasteiger partial charge on any atom is -0.361 e. The standard InChI is InChI=1S/C16H28N4O3/c1-9(2)17-15(21)8-11(4)19-16(22)18-10(3)7-14-12(5)20-23-13(14)6/h9-11H,7-8H2,1-6H3,(H,17,21)(H2,18,19,22)/t10-,11+/m1/s1. The van der Waals surface area contributed by atoms with Crippen molar-refractivity contribution in [3.8, 4) is 0 Å². The Balaban J connectivity index is 2.39. The number of rotatable bonds is 7. The molecule has 0 aliphatic heterocycles. The van der Waals surface area contributed by atoms with Gasteiger partial charge in [0.15, 0.2) is 0 Å². The van der Waals surface area contributed by atoms with Crippen LogP contribution in [0.2, 0.25) is 0 Å². The number of urea groups is 1. The topological polar surface area (TPSA) is 96.3 Å². The third-order valence-corrected chi connectivity index (χ3v) is 3.39. The maximum absolute atomic E-state index is 12.0. The van der Waals surface area contributed by atoms with Crippen LogP contribution in [0.15, 0.2) is 4.52 Å². The number of nitrogens with zero attached hydrogens (tertiary/aromatic N) is 1. The summed E-state index contributed by atoms with van der Waals surface area (Å²) in [7, 11) is 0. The van der Waals surface area contributed by atoms with Gasteiger partial charge in [0.1, 0.15) is 5.76 Å². The van der Waals surface area contributed by atoms with Crippen LogP contribution in [0.25, 0.3) is 0 Å². The van der Waals surface area contributed by atoms with Gasteiger partial charge in [-0.05, 0) is 48.0 Å². The first kappa shape index (κ1) is 19.0. The van der Waals surface area contributed by atoms with Crippen LogP contribution in [0.1, 0.15) is 51.1 Å². The van der Waals surface area contributed by atoms with Crippen molar-refractivity contribution >= 4 is 11.9 Å². The van der Waals surface area contributed by atoms with Crippen LogP contribution in [-0.2, 0) is 11.2 Å². The van der Waals surface area contributed by atoms with Gasteiger partial charge in [0.25, 0.3) is 0 Å². The summed E-state index contributed by atoms with van der Waals surface area (Å²) in [5.41, 5.74) is 1.86. The van der Waals surface area contributed by atoms with E-state index in [2.05, 4.69) is 21.1 Å². The molecule has 2 atom stereocenters. The van der Waals surface area contributed by atoms with Crippen molar-refractivity contribution in [3.05, 3.63) is 17.0 Å². The lowest BCUT2D eigenvalue weighted by Gasteiger charge is -2.18. The van der Waals surface area contributed by atoms with E-state index in [1.54, 1.807) is 6.92 Å².